The minimum Gasteiger partial charge on any atom is -0.378 e. The van der Waals surface area contributed by atoms with Crippen LogP contribution in [0.3, 0.4) is 0 Å². The average Bonchev–Trinajstić information content (AvgIpc) is 3.12. The molecule has 2 fully saturated rings. The third-order valence-electron chi connectivity index (χ3n) is 5.70. The Labute approximate surface area is 159 Å². The first kappa shape index (κ1) is 18.0. The maximum atomic E-state index is 13.1. The van der Waals surface area contributed by atoms with Gasteiger partial charge in [0.15, 0.2) is 0 Å². The van der Waals surface area contributed by atoms with Gasteiger partial charge in [-0.15, -0.1) is 0 Å². The van der Waals surface area contributed by atoms with Crippen LogP contribution in [0.1, 0.15) is 34.5 Å². The van der Waals surface area contributed by atoms with Gasteiger partial charge in [-0.25, -0.2) is 0 Å². The average molecular weight is 369 g/mol. The SMILES string of the molecule is Cc1cc(C)c2cc(C(=O)N3CCCC(C(=O)N4CCOCC4)C3)[nH]c2c1. The standard InChI is InChI=1S/C21H27N3O3/c1-14-10-15(2)17-12-19(22-18(17)11-14)21(26)24-5-3-4-16(13-24)20(25)23-6-8-27-9-7-23/h10-12,16,22H,3-9,13H2,1-2H3. The Kier molecular flexibility index (Phi) is 4.91. The van der Waals surface area contributed by atoms with Gasteiger partial charge in [0.1, 0.15) is 5.69 Å². The van der Waals surface area contributed by atoms with Crippen LogP contribution in [0.4, 0.5) is 0 Å². The van der Waals surface area contributed by atoms with E-state index in [2.05, 4.69) is 31.0 Å². The summed E-state index contributed by atoms with van der Waals surface area (Å²) in [6, 6.07) is 6.14. The summed E-state index contributed by atoms with van der Waals surface area (Å²) in [6.07, 6.45) is 1.72. The number of likely N-dealkylation sites (tertiary alicyclic amines) is 1. The summed E-state index contributed by atoms with van der Waals surface area (Å²) in [6.45, 7) is 7.86. The van der Waals surface area contributed by atoms with E-state index in [9.17, 15) is 9.59 Å². The van der Waals surface area contributed by atoms with Gasteiger partial charge in [0.25, 0.3) is 5.91 Å². The van der Waals surface area contributed by atoms with Gasteiger partial charge >= 0.3 is 0 Å². The molecule has 3 heterocycles. The molecule has 2 amide bonds. The molecule has 6 nitrogen and oxygen atoms in total. The first-order valence-electron chi connectivity index (χ1n) is 9.78. The van der Waals surface area contributed by atoms with Crippen LogP contribution in [0.15, 0.2) is 18.2 Å². The summed E-state index contributed by atoms with van der Waals surface area (Å²) in [4.78, 5) is 32.9. The highest BCUT2D eigenvalue weighted by Crippen LogP contribution is 2.25. The van der Waals surface area contributed by atoms with Crippen molar-refractivity contribution in [3.8, 4) is 0 Å². The van der Waals surface area contributed by atoms with Crippen molar-refractivity contribution in [2.75, 3.05) is 39.4 Å². The van der Waals surface area contributed by atoms with Crippen LogP contribution >= 0.6 is 0 Å². The molecule has 4 rings (SSSR count). The van der Waals surface area contributed by atoms with Crippen LogP contribution in [0.2, 0.25) is 0 Å². The predicted molar refractivity (Wildman–Crippen MR) is 104 cm³/mol. The summed E-state index contributed by atoms with van der Waals surface area (Å²) >= 11 is 0. The van der Waals surface area contributed by atoms with Crippen molar-refractivity contribution in [1.29, 1.82) is 0 Å². The lowest BCUT2D eigenvalue weighted by molar-refractivity contribution is -0.141. The van der Waals surface area contributed by atoms with E-state index < -0.39 is 0 Å². The molecule has 2 saturated heterocycles. The number of nitrogens with one attached hydrogen (secondary N) is 1. The van der Waals surface area contributed by atoms with Gasteiger partial charge in [-0.2, -0.15) is 0 Å². The molecule has 1 aromatic heterocycles. The first-order chi connectivity index (χ1) is 13.0. The number of nitrogens with zero attached hydrogens (tertiary/aromatic N) is 2. The third kappa shape index (κ3) is 3.58. The van der Waals surface area contributed by atoms with Gasteiger partial charge in [0.05, 0.1) is 19.1 Å². The van der Waals surface area contributed by atoms with Gasteiger partial charge in [0, 0.05) is 37.1 Å². The van der Waals surface area contributed by atoms with E-state index in [1.165, 1.54) is 11.1 Å². The van der Waals surface area contributed by atoms with Crippen LogP contribution in [0.5, 0.6) is 0 Å². The number of carbonyl (C=O) groups is 2. The van der Waals surface area contributed by atoms with Crippen LogP contribution < -0.4 is 0 Å². The number of fused-ring (bicyclic) bond motifs is 1. The minimum absolute atomic E-state index is 0.0114. The summed E-state index contributed by atoms with van der Waals surface area (Å²) in [5.74, 6) is 0.0517. The number of carbonyl (C=O) groups excluding carboxylic acids is 2. The van der Waals surface area contributed by atoms with Crippen molar-refractivity contribution in [1.82, 2.24) is 14.8 Å². The van der Waals surface area contributed by atoms with Crippen molar-refractivity contribution in [2.45, 2.75) is 26.7 Å². The van der Waals surface area contributed by atoms with Crippen molar-refractivity contribution in [3.05, 3.63) is 35.0 Å². The fourth-order valence-corrected chi connectivity index (χ4v) is 4.29. The summed E-state index contributed by atoms with van der Waals surface area (Å²) in [5, 5.41) is 1.09. The number of benzene rings is 1. The van der Waals surface area contributed by atoms with E-state index in [0.29, 0.717) is 45.1 Å². The molecule has 2 aromatic rings. The van der Waals surface area contributed by atoms with E-state index in [4.69, 9.17) is 4.74 Å². The number of aryl methyl sites for hydroxylation is 2. The van der Waals surface area contributed by atoms with Gasteiger partial charge in [-0.05, 0) is 49.9 Å². The smallest absolute Gasteiger partial charge is 0.270 e. The highest BCUT2D eigenvalue weighted by molar-refractivity contribution is 5.99. The zero-order valence-electron chi connectivity index (χ0n) is 16.1. The highest BCUT2D eigenvalue weighted by atomic mass is 16.5. The third-order valence-corrected chi connectivity index (χ3v) is 5.70. The van der Waals surface area contributed by atoms with Crippen LogP contribution in [0, 0.1) is 19.8 Å². The zero-order chi connectivity index (χ0) is 19.0. The van der Waals surface area contributed by atoms with E-state index in [1.807, 2.05) is 15.9 Å². The Bertz CT molecular complexity index is 867. The number of rotatable bonds is 2. The fourth-order valence-electron chi connectivity index (χ4n) is 4.29. The van der Waals surface area contributed by atoms with Crippen molar-refractivity contribution < 1.29 is 14.3 Å². The number of ether oxygens (including phenoxy) is 1. The summed E-state index contributed by atoms with van der Waals surface area (Å²) < 4.78 is 5.34. The topological polar surface area (TPSA) is 65.6 Å². The molecule has 144 valence electrons. The van der Waals surface area contributed by atoms with Crippen LogP contribution in [0.25, 0.3) is 10.9 Å². The molecule has 1 atom stereocenters. The summed E-state index contributed by atoms with van der Waals surface area (Å²) in [5.41, 5.74) is 3.95. The molecule has 6 heteroatoms. The second kappa shape index (κ2) is 7.35. The predicted octanol–water partition coefficient (Wildman–Crippen LogP) is 2.50. The van der Waals surface area contributed by atoms with Crippen molar-refractivity contribution >= 4 is 22.7 Å². The molecule has 27 heavy (non-hydrogen) atoms. The zero-order valence-corrected chi connectivity index (χ0v) is 16.1. The second-order valence-electron chi connectivity index (χ2n) is 7.75. The lowest BCUT2D eigenvalue weighted by Gasteiger charge is -2.36. The number of morpholine rings is 1. The van der Waals surface area contributed by atoms with Gasteiger partial charge < -0.3 is 19.5 Å². The Hall–Kier alpha value is -2.34. The Morgan fingerprint density at radius 1 is 1.07 bits per heavy atom. The Balaban J connectivity index is 1.50. The maximum absolute atomic E-state index is 13.1. The molecular formula is C21H27N3O3. The molecule has 1 aromatic carbocycles. The first-order valence-corrected chi connectivity index (χ1v) is 9.78. The number of hydrogen-bond donors (Lipinski definition) is 1. The largest absolute Gasteiger partial charge is 0.378 e. The Morgan fingerprint density at radius 3 is 2.63 bits per heavy atom. The van der Waals surface area contributed by atoms with Gasteiger partial charge in [0.2, 0.25) is 5.91 Å². The summed E-state index contributed by atoms with van der Waals surface area (Å²) in [7, 11) is 0. The van der Waals surface area contributed by atoms with E-state index >= 15 is 0 Å². The number of H-pyrrole nitrogens is 1. The number of piperidine rings is 1. The molecule has 0 bridgehead atoms. The molecule has 0 aliphatic carbocycles. The number of aromatic nitrogens is 1. The van der Waals surface area contributed by atoms with Crippen LogP contribution in [-0.2, 0) is 9.53 Å². The molecule has 2 aliphatic heterocycles. The quantitative estimate of drug-likeness (QED) is 0.885. The Morgan fingerprint density at radius 2 is 1.85 bits per heavy atom. The lowest BCUT2D eigenvalue weighted by Crippen LogP contribution is -2.49. The molecule has 1 unspecified atom stereocenters. The number of amides is 2. The van der Waals surface area contributed by atoms with Gasteiger partial charge in [-0.3, -0.25) is 9.59 Å². The normalized spacial score (nSPS) is 20.9. The fraction of sp³-hybridized carbons (Fsp3) is 0.524. The van der Waals surface area contributed by atoms with Gasteiger partial charge in [-0.1, -0.05) is 6.07 Å². The molecule has 0 saturated carbocycles. The van der Waals surface area contributed by atoms with E-state index in [-0.39, 0.29) is 17.7 Å². The van der Waals surface area contributed by atoms with Crippen molar-refractivity contribution in [3.63, 3.8) is 0 Å². The van der Waals surface area contributed by atoms with E-state index in [0.717, 1.165) is 23.7 Å². The molecular weight excluding hydrogens is 342 g/mol. The molecule has 0 radical (unpaired) electrons. The van der Waals surface area contributed by atoms with Crippen LogP contribution in [-0.4, -0.2) is 66.0 Å². The minimum atomic E-state index is -0.103. The highest BCUT2D eigenvalue weighted by Gasteiger charge is 2.32. The van der Waals surface area contributed by atoms with Crippen molar-refractivity contribution in [2.24, 2.45) is 5.92 Å². The lowest BCUT2D eigenvalue weighted by atomic mass is 9.96. The molecule has 2 aliphatic rings. The maximum Gasteiger partial charge on any atom is 0.270 e. The monoisotopic (exact) mass is 369 g/mol. The molecule has 1 N–H and O–H groups in total. The molecule has 0 spiro atoms. The number of hydrogen-bond acceptors (Lipinski definition) is 3. The number of aromatic amines is 1. The second-order valence-corrected chi connectivity index (χ2v) is 7.75. The van der Waals surface area contributed by atoms with E-state index in [1.54, 1.807) is 0 Å².